The predicted octanol–water partition coefficient (Wildman–Crippen LogP) is 5.23. The summed E-state index contributed by atoms with van der Waals surface area (Å²) in [5.74, 6) is -0.0840. The lowest BCUT2D eigenvalue weighted by Gasteiger charge is -2.14. The first-order valence-electron chi connectivity index (χ1n) is 9.02. The van der Waals surface area contributed by atoms with E-state index in [9.17, 15) is 4.79 Å². The molecule has 0 saturated carbocycles. The van der Waals surface area contributed by atoms with Gasteiger partial charge in [0.2, 0.25) is 0 Å². The number of carbonyl (C=O) groups is 1. The third-order valence-corrected chi connectivity index (χ3v) is 3.84. The Morgan fingerprint density at radius 3 is 2.17 bits per heavy atom. The van der Waals surface area contributed by atoms with Crippen LogP contribution in [-0.4, -0.2) is 18.7 Å². The Morgan fingerprint density at radius 2 is 1.71 bits per heavy atom. The maximum Gasteiger partial charge on any atom is 0.269 e. The van der Waals surface area contributed by atoms with Crippen LogP contribution in [0.25, 0.3) is 0 Å². The van der Waals surface area contributed by atoms with Gasteiger partial charge in [0, 0.05) is 13.6 Å². The fourth-order valence-electron chi connectivity index (χ4n) is 2.34. The van der Waals surface area contributed by atoms with Crippen LogP contribution in [0.4, 0.5) is 0 Å². The predicted molar refractivity (Wildman–Crippen MR) is 106 cm³/mol. The normalized spacial score (nSPS) is 12.0. The van der Waals surface area contributed by atoms with E-state index in [0.717, 1.165) is 30.4 Å². The van der Waals surface area contributed by atoms with Crippen molar-refractivity contribution in [3.8, 4) is 0 Å². The summed E-state index contributed by atoms with van der Waals surface area (Å²) in [6.45, 7) is 12.9. The first kappa shape index (κ1) is 22.1. The van der Waals surface area contributed by atoms with E-state index in [0.29, 0.717) is 12.3 Å². The zero-order chi connectivity index (χ0) is 18.5. The zero-order valence-corrected chi connectivity index (χ0v) is 16.5. The minimum atomic E-state index is -0.0840. The van der Waals surface area contributed by atoms with Gasteiger partial charge >= 0.3 is 0 Å². The lowest BCUT2D eigenvalue weighted by Crippen LogP contribution is -2.32. The molecule has 0 atom stereocenters. The van der Waals surface area contributed by atoms with E-state index in [1.54, 1.807) is 7.05 Å². The Hall–Kier alpha value is -1.90. The Kier molecular flexibility index (Phi) is 11.5. The Labute approximate surface area is 148 Å². The van der Waals surface area contributed by atoms with Crippen molar-refractivity contribution < 1.29 is 4.79 Å². The van der Waals surface area contributed by atoms with Gasteiger partial charge in [0.05, 0.1) is 0 Å². The summed E-state index contributed by atoms with van der Waals surface area (Å²) < 4.78 is 0. The molecular weight excluding hydrogens is 296 g/mol. The van der Waals surface area contributed by atoms with Gasteiger partial charge in [0.25, 0.3) is 5.91 Å². The molecule has 0 radical (unpaired) electrons. The fraction of sp³-hybridized carbons (Fsp3) is 0.524. The first-order chi connectivity index (χ1) is 11.5. The van der Waals surface area contributed by atoms with Gasteiger partial charge in [-0.3, -0.25) is 9.79 Å². The highest BCUT2D eigenvalue weighted by atomic mass is 16.1. The summed E-state index contributed by atoms with van der Waals surface area (Å²) in [4.78, 5) is 16.7. The average Bonchev–Trinajstić information content (AvgIpc) is 2.62. The van der Waals surface area contributed by atoms with Gasteiger partial charge in [0.15, 0.2) is 0 Å². The van der Waals surface area contributed by atoms with E-state index in [1.165, 1.54) is 11.1 Å². The van der Waals surface area contributed by atoms with Crippen LogP contribution in [0.15, 0.2) is 40.4 Å². The molecule has 1 N–H and O–H groups in total. The highest BCUT2D eigenvalue weighted by Gasteiger charge is 2.16. The lowest BCUT2D eigenvalue weighted by molar-refractivity contribution is -0.114. The Balaban J connectivity index is 0.00000254. The molecule has 0 unspecified atom stereocenters. The van der Waals surface area contributed by atoms with Crippen molar-refractivity contribution in [2.75, 3.05) is 7.05 Å². The van der Waals surface area contributed by atoms with E-state index >= 15 is 0 Å². The average molecular weight is 331 g/mol. The molecule has 3 nitrogen and oxygen atoms in total. The number of hydrogen-bond donors (Lipinski definition) is 1. The quantitative estimate of drug-likeness (QED) is 0.683. The molecule has 0 aliphatic rings. The largest absolute Gasteiger partial charge is 0.347 e. The van der Waals surface area contributed by atoms with Gasteiger partial charge in [-0.15, -0.1) is 0 Å². The second-order valence-corrected chi connectivity index (χ2v) is 5.60. The second kappa shape index (κ2) is 12.5. The maximum atomic E-state index is 12.5. The van der Waals surface area contributed by atoms with Crippen LogP contribution in [0.5, 0.6) is 0 Å². The molecular formula is C21H34N2O. The van der Waals surface area contributed by atoms with Gasteiger partial charge < -0.3 is 5.32 Å². The number of allylic oxidation sites excluding steroid dienone is 1. The highest BCUT2D eigenvalue weighted by molar-refractivity contribution is 6.45. The van der Waals surface area contributed by atoms with Crippen molar-refractivity contribution >= 4 is 11.6 Å². The molecule has 0 heterocycles. The van der Waals surface area contributed by atoms with Crippen molar-refractivity contribution in [3.63, 3.8) is 0 Å². The molecule has 1 aromatic rings. The number of amides is 1. The summed E-state index contributed by atoms with van der Waals surface area (Å²) >= 11 is 0. The van der Waals surface area contributed by atoms with Gasteiger partial charge in [-0.25, -0.2) is 0 Å². The number of carbonyl (C=O) groups excluding carboxylic acids is 1. The van der Waals surface area contributed by atoms with Crippen LogP contribution in [-0.2, 0) is 11.3 Å². The number of nitrogens with zero attached hydrogens (tertiary/aromatic N) is 1. The zero-order valence-electron chi connectivity index (χ0n) is 16.5. The summed E-state index contributed by atoms with van der Waals surface area (Å²) in [5.41, 5.74) is 5.23. The Bertz CT molecular complexity index is 554. The van der Waals surface area contributed by atoms with Crippen LogP contribution in [0.2, 0.25) is 0 Å². The molecule has 0 fully saturated rings. The van der Waals surface area contributed by atoms with Gasteiger partial charge in [-0.2, -0.15) is 0 Å². The summed E-state index contributed by atoms with van der Waals surface area (Å²) in [6.07, 6.45) is 2.85. The fourth-order valence-corrected chi connectivity index (χ4v) is 2.34. The second-order valence-electron chi connectivity index (χ2n) is 5.60. The van der Waals surface area contributed by atoms with Crippen molar-refractivity contribution in [2.45, 2.75) is 67.3 Å². The number of rotatable bonds is 7. The third-order valence-electron chi connectivity index (χ3n) is 3.84. The highest BCUT2D eigenvalue weighted by Crippen LogP contribution is 2.16. The lowest BCUT2D eigenvalue weighted by atomic mass is 9.97. The van der Waals surface area contributed by atoms with Crippen LogP contribution in [0.3, 0.4) is 0 Å². The molecule has 3 heteroatoms. The summed E-state index contributed by atoms with van der Waals surface area (Å²) in [7, 11) is 1.69. The molecule has 0 bridgehead atoms. The Morgan fingerprint density at radius 1 is 1.12 bits per heavy atom. The molecule has 0 spiro atoms. The number of nitrogens with one attached hydrogen (secondary N) is 1. The molecule has 0 aliphatic carbocycles. The standard InChI is InChI=1S/C19H28N2O.C2H6/c1-6-8-17(15(4)7-2)18(20-5)19(22)21-13-16-11-9-14(3)10-12-16;1-2/h9-12H,6-8,13H2,1-5H3,(H,21,22);1-2H3/b17-15+,20-18?;. The van der Waals surface area contributed by atoms with Gasteiger partial charge in [-0.1, -0.05) is 69.5 Å². The number of hydrogen-bond acceptors (Lipinski definition) is 2. The van der Waals surface area contributed by atoms with Crippen molar-refractivity contribution in [1.29, 1.82) is 0 Å². The topological polar surface area (TPSA) is 41.5 Å². The molecule has 0 saturated heterocycles. The molecule has 1 rings (SSSR count). The number of aliphatic imine (C=N–C) groups is 1. The molecule has 134 valence electrons. The van der Waals surface area contributed by atoms with E-state index < -0.39 is 0 Å². The van der Waals surface area contributed by atoms with Crippen LogP contribution in [0, 0.1) is 6.92 Å². The van der Waals surface area contributed by atoms with Crippen LogP contribution >= 0.6 is 0 Å². The minimum Gasteiger partial charge on any atom is -0.347 e. The SMILES string of the molecule is CC.CCC/C(C(=NC)C(=O)NCc1ccc(C)cc1)=C(/C)CC. The summed E-state index contributed by atoms with van der Waals surface area (Å²) in [5, 5.41) is 2.98. The van der Waals surface area contributed by atoms with Crippen molar-refractivity contribution in [1.82, 2.24) is 5.32 Å². The van der Waals surface area contributed by atoms with Gasteiger partial charge in [0.1, 0.15) is 5.71 Å². The summed E-state index contributed by atoms with van der Waals surface area (Å²) in [6, 6.07) is 8.19. The molecule has 0 aromatic heterocycles. The van der Waals surface area contributed by atoms with E-state index in [1.807, 2.05) is 26.0 Å². The molecule has 1 amide bonds. The minimum absolute atomic E-state index is 0.0840. The monoisotopic (exact) mass is 330 g/mol. The third kappa shape index (κ3) is 7.12. The van der Waals surface area contributed by atoms with Crippen molar-refractivity contribution in [2.24, 2.45) is 4.99 Å². The smallest absolute Gasteiger partial charge is 0.269 e. The van der Waals surface area contributed by atoms with Gasteiger partial charge in [-0.05, 0) is 37.8 Å². The van der Waals surface area contributed by atoms with E-state index in [-0.39, 0.29) is 5.91 Å². The number of aryl methyl sites for hydroxylation is 1. The number of benzene rings is 1. The molecule has 0 aliphatic heterocycles. The maximum absolute atomic E-state index is 12.5. The first-order valence-corrected chi connectivity index (χ1v) is 9.02. The van der Waals surface area contributed by atoms with E-state index in [2.05, 4.69) is 50.1 Å². The van der Waals surface area contributed by atoms with Crippen molar-refractivity contribution in [3.05, 3.63) is 46.5 Å². The molecule has 1 aromatic carbocycles. The van der Waals surface area contributed by atoms with Crippen LogP contribution < -0.4 is 5.32 Å². The van der Waals surface area contributed by atoms with E-state index in [4.69, 9.17) is 0 Å². The molecule has 24 heavy (non-hydrogen) atoms. The van der Waals surface area contributed by atoms with Crippen LogP contribution in [0.1, 0.15) is 65.0 Å².